The molecular weight excluding hydrogens is 273 g/mol. The van der Waals surface area contributed by atoms with E-state index in [1.165, 1.54) is 17.0 Å². The summed E-state index contributed by atoms with van der Waals surface area (Å²) in [5.41, 5.74) is 1.32. The highest BCUT2D eigenvalue weighted by Gasteiger charge is 2.33. The molecule has 1 N–H and O–H groups in total. The van der Waals surface area contributed by atoms with Gasteiger partial charge in [0, 0.05) is 31.4 Å². The zero-order valence-corrected chi connectivity index (χ0v) is 11.6. The van der Waals surface area contributed by atoms with Gasteiger partial charge in [-0.2, -0.15) is 0 Å². The smallest absolute Gasteiger partial charge is 0.317 e. The molecule has 5 nitrogen and oxygen atoms in total. The van der Waals surface area contributed by atoms with Crippen LogP contribution in [-0.4, -0.2) is 30.0 Å². The van der Waals surface area contributed by atoms with E-state index in [0.717, 1.165) is 5.56 Å². The molecule has 108 valence electrons. The Labute approximate surface area is 121 Å². The van der Waals surface area contributed by atoms with Gasteiger partial charge in [0.15, 0.2) is 0 Å². The van der Waals surface area contributed by atoms with Gasteiger partial charge in [0.2, 0.25) is 5.88 Å². The molecule has 2 aromatic rings. The zero-order valence-electron chi connectivity index (χ0n) is 11.6. The Morgan fingerprint density at radius 3 is 2.95 bits per heavy atom. The van der Waals surface area contributed by atoms with Gasteiger partial charge >= 0.3 is 6.03 Å². The number of hydrogen-bond donors (Lipinski definition) is 1. The fourth-order valence-corrected chi connectivity index (χ4v) is 2.51. The van der Waals surface area contributed by atoms with Gasteiger partial charge in [0.1, 0.15) is 11.6 Å². The van der Waals surface area contributed by atoms with Crippen LogP contribution in [0.15, 0.2) is 36.5 Å². The minimum atomic E-state index is -0.451. The van der Waals surface area contributed by atoms with Crippen LogP contribution in [0.1, 0.15) is 17.2 Å². The fourth-order valence-electron chi connectivity index (χ4n) is 2.51. The van der Waals surface area contributed by atoms with Crippen molar-refractivity contribution in [2.24, 2.45) is 0 Å². The summed E-state index contributed by atoms with van der Waals surface area (Å²) in [6.45, 7) is 0. The molecule has 2 heterocycles. The van der Waals surface area contributed by atoms with Crippen molar-refractivity contribution in [3.05, 3.63) is 53.5 Å². The van der Waals surface area contributed by atoms with E-state index in [1.54, 1.807) is 32.4 Å². The second kappa shape index (κ2) is 5.05. The first kappa shape index (κ1) is 13.4. The molecule has 0 saturated heterocycles. The maximum Gasteiger partial charge on any atom is 0.317 e. The molecular formula is C15H14FN3O2. The Morgan fingerprint density at radius 2 is 2.19 bits per heavy atom. The Balaban J connectivity index is 2.17. The third kappa shape index (κ3) is 2.18. The number of halogens is 1. The number of hydrogen-bond acceptors (Lipinski definition) is 3. The van der Waals surface area contributed by atoms with Gasteiger partial charge in [-0.15, -0.1) is 0 Å². The predicted octanol–water partition coefficient (Wildman–Crippen LogP) is 2.69. The lowest BCUT2D eigenvalue weighted by atomic mass is 9.95. The van der Waals surface area contributed by atoms with Crippen LogP contribution in [0.2, 0.25) is 0 Å². The average Bonchev–Trinajstić information content (AvgIpc) is 2.51. The van der Waals surface area contributed by atoms with Crippen molar-refractivity contribution >= 4 is 6.03 Å². The van der Waals surface area contributed by atoms with Gasteiger partial charge in [-0.05, 0) is 30.3 Å². The number of rotatable bonds is 1. The van der Waals surface area contributed by atoms with Crippen molar-refractivity contribution in [2.45, 2.75) is 6.04 Å². The lowest BCUT2D eigenvalue weighted by Gasteiger charge is -2.33. The number of pyridine rings is 1. The zero-order chi connectivity index (χ0) is 15.0. The standard InChI is InChI=1S/C15H14FN3O2/c1-17-15(20)19(2)13-10-4-3-7-18-14(10)21-12-6-5-9(16)8-11(12)13/h3-8,13H,1-2H3,(H,17,20). The molecule has 0 aliphatic carbocycles. The van der Waals surface area contributed by atoms with Crippen LogP contribution in [0.25, 0.3) is 0 Å². The molecule has 1 unspecified atom stereocenters. The van der Waals surface area contributed by atoms with Gasteiger partial charge in [-0.1, -0.05) is 0 Å². The highest BCUT2D eigenvalue weighted by molar-refractivity contribution is 5.75. The van der Waals surface area contributed by atoms with E-state index in [9.17, 15) is 9.18 Å². The molecule has 1 aromatic heterocycles. The van der Waals surface area contributed by atoms with E-state index in [0.29, 0.717) is 17.2 Å². The summed E-state index contributed by atoms with van der Waals surface area (Å²) in [5, 5.41) is 2.57. The van der Waals surface area contributed by atoms with Crippen LogP contribution in [0.5, 0.6) is 11.6 Å². The van der Waals surface area contributed by atoms with E-state index in [2.05, 4.69) is 10.3 Å². The van der Waals surface area contributed by atoms with Crippen LogP contribution in [0.4, 0.5) is 9.18 Å². The van der Waals surface area contributed by atoms with E-state index in [-0.39, 0.29) is 11.8 Å². The molecule has 0 bridgehead atoms. The Bertz CT molecular complexity index is 705. The third-order valence-corrected chi connectivity index (χ3v) is 3.49. The van der Waals surface area contributed by atoms with E-state index >= 15 is 0 Å². The molecule has 1 aliphatic rings. The molecule has 2 amide bonds. The van der Waals surface area contributed by atoms with Crippen LogP contribution >= 0.6 is 0 Å². The summed E-state index contributed by atoms with van der Waals surface area (Å²) < 4.78 is 19.3. The van der Waals surface area contributed by atoms with Crippen LogP contribution in [-0.2, 0) is 0 Å². The van der Waals surface area contributed by atoms with Gasteiger partial charge < -0.3 is 15.0 Å². The fraction of sp³-hybridized carbons (Fsp3) is 0.200. The number of amides is 2. The van der Waals surface area contributed by atoms with Crippen molar-refractivity contribution in [2.75, 3.05) is 14.1 Å². The summed E-state index contributed by atoms with van der Waals surface area (Å²) in [5.74, 6) is 0.556. The Hall–Kier alpha value is -2.63. The number of nitrogens with zero attached hydrogens (tertiary/aromatic N) is 2. The van der Waals surface area contributed by atoms with E-state index in [1.807, 2.05) is 6.07 Å². The second-order valence-corrected chi connectivity index (χ2v) is 4.75. The molecule has 1 aliphatic heterocycles. The molecule has 21 heavy (non-hydrogen) atoms. The maximum absolute atomic E-state index is 13.6. The number of fused-ring (bicyclic) bond motifs is 2. The molecule has 1 atom stereocenters. The largest absolute Gasteiger partial charge is 0.438 e. The van der Waals surface area contributed by atoms with Crippen molar-refractivity contribution in [3.8, 4) is 11.6 Å². The number of benzene rings is 1. The molecule has 0 saturated carbocycles. The first-order valence-electron chi connectivity index (χ1n) is 6.48. The molecule has 3 rings (SSSR count). The highest BCUT2D eigenvalue weighted by Crippen LogP contribution is 2.44. The minimum absolute atomic E-state index is 0.271. The van der Waals surface area contributed by atoms with Crippen LogP contribution in [0, 0.1) is 5.82 Å². The first-order chi connectivity index (χ1) is 10.1. The van der Waals surface area contributed by atoms with Crippen molar-refractivity contribution in [3.63, 3.8) is 0 Å². The summed E-state index contributed by atoms with van der Waals surface area (Å²) in [7, 11) is 3.20. The third-order valence-electron chi connectivity index (χ3n) is 3.49. The lowest BCUT2D eigenvalue weighted by Crippen LogP contribution is -2.39. The summed E-state index contributed by atoms with van der Waals surface area (Å²) in [4.78, 5) is 17.7. The molecule has 6 heteroatoms. The average molecular weight is 287 g/mol. The minimum Gasteiger partial charge on any atom is -0.438 e. The Kier molecular flexibility index (Phi) is 3.21. The van der Waals surface area contributed by atoms with Crippen molar-refractivity contribution < 1.29 is 13.9 Å². The molecule has 1 aromatic carbocycles. The van der Waals surface area contributed by atoms with E-state index < -0.39 is 6.04 Å². The molecule has 0 fully saturated rings. The van der Waals surface area contributed by atoms with Gasteiger partial charge in [-0.3, -0.25) is 0 Å². The summed E-state index contributed by atoms with van der Waals surface area (Å²) >= 11 is 0. The number of ether oxygens (including phenoxy) is 1. The summed E-state index contributed by atoms with van der Waals surface area (Å²) in [6, 6.07) is 7.11. The highest BCUT2D eigenvalue weighted by atomic mass is 19.1. The number of carbonyl (C=O) groups excluding carboxylic acids is 1. The maximum atomic E-state index is 13.6. The van der Waals surface area contributed by atoms with Crippen LogP contribution in [0.3, 0.4) is 0 Å². The number of urea groups is 1. The number of carbonyl (C=O) groups is 1. The van der Waals surface area contributed by atoms with E-state index in [4.69, 9.17) is 4.74 Å². The predicted molar refractivity (Wildman–Crippen MR) is 74.8 cm³/mol. The Morgan fingerprint density at radius 1 is 1.38 bits per heavy atom. The van der Waals surface area contributed by atoms with Crippen molar-refractivity contribution in [1.29, 1.82) is 0 Å². The topological polar surface area (TPSA) is 54.5 Å². The summed E-state index contributed by atoms with van der Waals surface area (Å²) in [6.07, 6.45) is 1.62. The molecule has 0 spiro atoms. The number of nitrogens with one attached hydrogen (secondary N) is 1. The number of aromatic nitrogens is 1. The van der Waals surface area contributed by atoms with Crippen LogP contribution < -0.4 is 10.1 Å². The SMILES string of the molecule is CNC(=O)N(C)C1c2cc(F)ccc2Oc2ncccc21. The van der Waals surface area contributed by atoms with Crippen molar-refractivity contribution in [1.82, 2.24) is 15.2 Å². The quantitative estimate of drug-likeness (QED) is 0.877. The molecule has 0 radical (unpaired) electrons. The van der Waals surface area contributed by atoms with Gasteiger partial charge in [0.25, 0.3) is 0 Å². The normalized spacial score (nSPS) is 15.5. The van der Waals surface area contributed by atoms with Gasteiger partial charge in [0.05, 0.1) is 6.04 Å². The monoisotopic (exact) mass is 287 g/mol. The van der Waals surface area contributed by atoms with Gasteiger partial charge in [-0.25, -0.2) is 14.2 Å². The second-order valence-electron chi connectivity index (χ2n) is 4.75. The lowest BCUT2D eigenvalue weighted by molar-refractivity contribution is 0.197. The first-order valence-corrected chi connectivity index (χ1v) is 6.48.